The topological polar surface area (TPSA) is 21.3 Å². The van der Waals surface area contributed by atoms with Gasteiger partial charge < -0.3 is 10.1 Å². The van der Waals surface area contributed by atoms with Crippen LogP contribution < -0.4 is 10.1 Å². The Labute approximate surface area is 129 Å². The van der Waals surface area contributed by atoms with Crippen LogP contribution in [0.25, 0.3) is 0 Å². The van der Waals surface area contributed by atoms with Gasteiger partial charge in [-0.3, -0.25) is 0 Å². The second-order valence-corrected chi connectivity index (χ2v) is 5.37. The Bertz CT molecular complexity index is 603. The Kier molecular flexibility index (Phi) is 5.59. The molecule has 21 heavy (non-hydrogen) atoms. The Morgan fingerprint density at radius 1 is 1.24 bits per heavy atom. The number of ether oxygens (including phenoxy) is 1. The first-order valence-electron chi connectivity index (χ1n) is 6.92. The zero-order chi connectivity index (χ0) is 15.2. The Balaban J connectivity index is 1.98. The van der Waals surface area contributed by atoms with Crippen molar-refractivity contribution in [3.63, 3.8) is 0 Å². The largest absolute Gasteiger partial charge is 0.494 e. The van der Waals surface area contributed by atoms with E-state index in [-0.39, 0.29) is 11.9 Å². The van der Waals surface area contributed by atoms with Crippen molar-refractivity contribution in [3.8, 4) is 5.75 Å². The van der Waals surface area contributed by atoms with Crippen molar-refractivity contribution in [1.82, 2.24) is 5.32 Å². The van der Waals surface area contributed by atoms with E-state index in [0.717, 1.165) is 16.9 Å². The van der Waals surface area contributed by atoms with Crippen molar-refractivity contribution in [1.29, 1.82) is 0 Å². The molecule has 0 aliphatic heterocycles. The maximum Gasteiger partial charge on any atom is 0.123 e. The highest BCUT2D eigenvalue weighted by Crippen LogP contribution is 2.26. The molecule has 0 fully saturated rings. The molecular formula is C17H19ClFNO. The second-order valence-electron chi connectivity index (χ2n) is 4.96. The summed E-state index contributed by atoms with van der Waals surface area (Å²) in [5.41, 5.74) is 1.91. The molecule has 0 radical (unpaired) electrons. The van der Waals surface area contributed by atoms with Crippen molar-refractivity contribution in [3.05, 3.63) is 64.4 Å². The molecule has 0 heterocycles. The summed E-state index contributed by atoms with van der Waals surface area (Å²) in [4.78, 5) is 0. The molecule has 1 atom stereocenters. The molecule has 0 aliphatic carbocycles. The summed E-state index contributed by atoms with van der Waals surface area (Å²) in [7, 11) is 1.83. The van der Waals surface area contributed by atoms with Gasteiger partial charge in [-0.1, -0.05) is 23.7 Å². The van der Waals surface area contributed by atoms with E-state index in [9.17, 15) is 4.39 Å². The average molecular weight is 308 g/mol. The van der Waals surface area contributed by atoms with Gasteiger partial charge in [0.05, 0.1) is 6.61 Å². The Morgan fingerprint density at radius 3 is 2.76 bits per heavy atom. The maximum absolute atomic E-state index is 13.4. The normalized spacial score (nSPS) is 12.2. The number of hydrogen-bond donors (Lipinski definition) is 1. The highest BCUT2D eigenvalue weighted by Gasteiger charge is 2.14. The minimum Gasteiger partial charge on any atom is -0.494 e. The first kappa shape index (κ1) is 15.8. The molecule has 112 valence electrons. The zero-order valence-corrected chi connectivity index (χ0v) is 13.0. The second kappa shape index (κ2) is 7.43. The molecule has 4 heteroatoms. The summed E-state index contributed by atoms with van der Waals surface area (Å²) >= 11 is 6.14. The molecule has 0 saturated carbocycles. The average Bonchev–Trinajstić information content (AvgIpc) is 2.47. The summed E-state index contributed by atoms with van der Waals surface area (Å²) in [6.07, 6.45) is 0.702. The Morgan fingerprint density at radius 2 is 2.05 bits per heavy atom. The minimum absolute atomic E-state index is 0.0435. The fourth-order valence-corrected chi connectivity index (χ4v) is 2.49. The summed E-state index contributed by atoms with van der Waals surface area (Å²) < 4.78 is 19.1. The Hall–Kier alpha value is -1.58. The van der Waals surface area contributed by atoms with Gasteiger partial charge in [-0.05, 0) is 55.4 Å². The van der Waals surface area contributed by atoms with Crippen LogP contribution in [0.4, 0.5) is 4.39 Å². The smallest absolute Gasteiger partial charge is 0.123 e. The van der Waals surface area contributed by atoms with Gasteiger partial charge in [0.15, 0.2) is 0 Å². The zero-order valence-electron chi connectivity index (χ0n) is 12.2. The van der Waals surface area contributed by atoms with Gasteiger partial charge in [0.2, 0.25) is 0 Å². The fraction of sp³-hybridized carbons (Fsp3) is 0.294. The molecule has 1 N–H and O–H groups in total. The number of aryl methyl sites for hydroxylation is 1. The SMILES string of the molecule is CNC(CCOc1cccc(C)c1)c1cc(F)ccc1Cl. The van der Waals surface area contributed by atoms with Gasteiger partial charge in [-0.25, -0.2) is 4.39 Å². The third-order valence-electron chi connectivity index (χ3n) is 3.35. The maximum atomic E-state index is 13.4. The highest BCUT2D eigenvalue weighted by atomic mass is 35.5. The van der Waals surface area contributed by atoms with Crippen LogP contribution in [-0.2, 0) is 0 Å². The summed E-state index contributed by atoms with van der Waals surface area (Å²) in [5.74, 6) is 0.560. The molecule has 0 spiro atoms. The van der Waals surface area contributed by atoms with Gasteiger partial charge in [0.1, 0.15) is 11.6 Å². The molecule has 2 nitrogen and oxygen atoms in total. The van der Waals surface area contributed by atoms with Crippen LogP contribution >= 0.6 is 11.6 Å². The molecule has 2 aromatic carbocycles. The van der Waals surface area contributed by atoms with E-state index < -0.39 is 0 Å². The third-order valence-corrected chi connectivity index (χ3v) is 3.69. The number of hydrogen-bond acceptors (Lipinski definition) is 2. The van der Waals surface area contributed by atoms with Gasteiger partial charge in [-0.2, -0.15) is 0 Å². The highest BCUT2D eigenvalue weighted by molar-refractivity contribution is 6.31. The molecule has 0 aliphatic rings. The van der Waals surface area contributed by atoms with Crippen LogP contribution in [0.5, 0.6) is 5.75 Å². The summed E-state index contributed by atoms with van der Waals surface area (Å²) in [5, 5.41) is 3.71. The molecule has 2 rings (SSSR count). The van der Waals surface area contributed by atoms with Crippen LogP contribution in [-0.4, -0.2) is 13.7 Å². The lowest BCUT2D eigenvalue weighted by atomic mass is 10.0. The van der Waals surface area contributed by atoms with Crippen molar-refractivity contribution in [2.24, 2.45) is 0 Å². The van der Waals surface area contributed by atoms with E-state index in [1.54, 1.807) is 6.07 Å². The van der Waals surface area contributed by atoms with Crippen molar-refractivity contribution in [2.75, 3.05) is 13.7 Å². The number of nitrogens with one attached hydrogen (secondary N) is 1. The third kappa shape index (κ3) is 4.45. The van der Waals surface area contributed by atoms with E-state index in [1.165, 1.54) is 12.1 Å². The summed E-state index contributed by atoms with van der Waals surface area (Å²) in [6, 6.07) is 12.3. The fourth-order valence-electron chi connectivity index (χ4n) is 2.24. The number of halogens is 2. The molecule has 1 unspecified atom stereocenters. The van der Waals surface area contributed by atoms with Crippen LogP contribution in [0.1, 0.15) is 23.6 Å². The quantitative estimate of drug-likeness (QED) is 0.847. The van der Waals surface area contributed by atoms with E-state index in [4.69, 9.17) is 16.3 Å². The lowest BCUT2D eigenvalue weighted by molar-refractivity contribution is 0.290. The summed E-state index contributed by atoms with van der Waals surface area (Å²) in [6.45, 7) is 2.55. The van der Waals surface area contributed by atoms with Crippen molar-refractivity contribution >= 4 is 11.6 Å². The van der Waals surface area contributed by atoms with Gasteiger partial charge in [-0.15, -0.1) is 0 Å². The predicted octanol–water partition coefficient (Wildman–Crippen LogP) is 4.52. The molecular weight excluding hydrogens is 289 g/mol. The first-order chi connectivity index (χ1) is 10.1. The monoisotopic (exact) mass is 307 g/mol. The van der Waals surface area contributed by atoms with Crippen LogP contribution in [0, 0.1) is 12.7 Å². The molecule has 0 amide bonds. The van der Waals surface area contributed by atoms with E-state index in [1.807, 2.05) is 38.2 Å². The van der Waals surface area contributed by atoms with Crippen LogP contribution in [0.15, 0.2) is 42.5 Å². The number of benzene rings is 2. The predicted molar refractivity (Wildman–Crippen MR) is 84.5 cm³/mol. The van der Waals surface area contributed by atoms with Crippen LogP contribution in [0.3, 0.4) is 0 Å². The minimum atomic E-state index is -0.283. The van der Waals surface area contributed by atoms with E-state index in [0.29, 0.717) is 18.1 Å². The molecule has 0 bridgehead atoms. The molecule has 2 aromatic rings. The van der Waals surface area contributed by atoms with Crippen LogP contribution in [0.2, 0.25) is 5.02 Å². The molecule has 0 aromatic heterocycles. The first-order valence-corrected chi connectivity index (χ1v) is 7.29. The van der Waals surface area contributed by atoms with Gasteiger partial charge in [0, 0.05) is 17.5 Å². The van der Waals surface area contributed by atoms with Gasteiger partial charge >= 0.3 is 0 Å². The standard InChI is InChI=1S/C17H19ClFNO/c1-12-4-3-5-14(10-12)21-9-8-17(20-2)15-11-13(19)6-7-16(15)18/h3-7,10-11,17,20H,8-9H2,1-2H3. The lowest BCUT2D eigenvalue weighted by Crippen LogP contribution is -2.19. The lowest BCUT2D eigenvalue weighted by Gasteiger charge is -2.18. The van der Waals surface area contributed by atoms with E-state index >= 15 is 0 Å². The number of rotatable bonds is 6. The van der Waals surface area contributed by atoms with Crippen molar-refractivity contribution in [2.45, 2.75) is 19.4 Å². The van der Waals surface area contributed by atoms with Crippen molar-refractivity contribution < 1.29 is 9.13 Å². The van der Waals surface area contributed by atoms with E-state index in [2.05, 4.69) is 5.32 Å². The van der Waals surface area contributed by atoms with Gasteiger partial charge in [0.25, 0.3) is 0 Å². The molecule has 0 saturated heterocycles.